The van der Waals surface area contributed by atoms with Gasteiger partial charge in [-0.3, -0.25) is 9.78 Å². The van der Waals surface area contributed by atoms with Gasteiger partial charge in [-0.05, 0) is 38.8 Å². The number of carbonyl (C=O) groups is 1. The first kappa shape index (κ1) is 13.0. The van der Waals surface area contributed by atoms with Gasteiger partial charge in [-0.25, -0.2) is 0 Å². The number of hydrogen-bond acceptors (Lipinski definition) is 3. The summed E-state index contributed by atoms with van der Waals surface area (Å²) in [6.07, 6.45) is 5.33. The number of hydrogen-bond donors (Lipinski definition) is 0. The minimum Gasteiger partial charge on any atom is -0.378 e. The molecule has 0 spiro atoms. The number of carbonyl (C=O) groups excluding carboxylic acids is 1. The van der Waals surface area contributed by atoms with E-state index in [1.165, 1.54) is 0 Å². The Morgan fingerprint density at radius 3 is 2.83 bits per heavy atom. The van der Waals surface area contributed by atoms with E-state index in [-0.39, 0.29) is 17.9 Å². The normalized spacial score (nSPS) is 23.7. The Balaban J connectivity index is 2.15. The molecule has 18 heavy (non-hydrogen) atoms. The summed E-state index contributed by atoms with van der Waals surface area (Å²) in [6, 6.07) is 3.74. The fourth-order valence-electron chi connectivity index (χ4n) is 2.44. The summed E-state index contributed by atoms with van der Waals surface area (Å²) >= 11 is 0. The van der Waals surface area contributed by atoms with Gasteiger partial charge >= 0.3 is 0 Å². The summed E-state index contributed by atoms with van der Waals surface area (Å²) in [5.74, 6) is 0.141. The van der Waals surface area contributed by atoms with Crippen LogP contribution in [0.4, 0.5) is 5.69 Å². The molecule has 4 nitrogen and oxygen atoms in total. The summed E-state index contributed by atoms with van der Waals surface area (Å²) in [6.45, 7) is 5.42. The molecule has 0 aromatic carbocycles. The Morgan fingerprint density at radius 1 is 1.50 bits per heavy atom. The van der Waals surface area contributed by atoms with Crippen LogP contribution in [0.2, 0.25) is 0 Å². The van der Waals surface area contributed by atoms with E-state index in [1.807, 2.05) is 30.9 Å². The van der Waals surface area contributed by atoms with Crippen LogP contribution in [0, 0.1) is 5.92 Å². The van der Waals surface area contributed by atoms with Gasteiger partial charge in [0.15, 0.2) is 0 Å². The van der Waals surface area contributed by atoms with Crippen LogP contribution in [-0.4, -0.2) is 30.1 Å². The summed E-state index contributed by atoms with van der Waals surface area (Å²) in [4.78, 5) is 18.4. The van der Waals surface area contributed by atoms with Gasteiger partial charge < -0.3 is 9.64 Å². The van der Waals surface area contributed by atoms with E-state index in [0.717, 1.165) is 25.1 Å². The van der Waals surface area contributed by atoms with Crippen molar-refractivity contribution in [3.8, 4) is 0 Å². The van der Waals surface area contributed by atoms with Gasteiger partial charge in [0, 0.05) is 31.2 Å². The SMILES string of the molecule is CCN(C(=O)C1CCCOC1C)c1ccncc1. The van der Waals surface area contributed by atoms with Crippen LogP contribution in [0.5, 0.6) is 0 Å². The second-order valence-corrected chi connectivity index (χ2v) is 4.61. The van der Waals surface area contributed by atoms with Crippen molar-refractivity contribution in [2.75, 3.05) is 18.1 Å². The van der Waals surface area contributed by atoms with Crippen LogP contribution in [0.15, 0.2) is 24.5 Å². The van der Waals surface area contributed by atoms with Crippen molar-refractivity contribution >= 4 is 11.6 Å². The summed E-state index contributed by atoms with van der Waals surface area (Å²) in [5.41, 5.74) is 0.912. The first-order chi connectivity index (χ1) is 8.74. The molecular weight excluding hydrogens is 228 g/mol. The molecule has 2 heterocycles. The molecule has 0 bridgehead atoms. The van der Waals surface area contributed by atoms with Crippen LogP contribution >= 0.6 is 0 Å². The Kier molecular flexibility index (Phi) is 4.31. The number of aromatic nitrogens is 1. The predicted molar refractivity (Wildman–Crippen MR) is 70.4 cm³/mol. The minimum atomic E-state index is -0.0214. The van der Waals surface area contributed by atoms with Crippen molar-refractivity contribution in [3.63, 3.8) is 0 Å². The maximum Gasteiger partial charge on any atom is 0.232 e. The van der Waals surface area contributed by atoms with Crippen molar-refractivity contribution in [1.82, 2.24) is 4.98 Å². The predicted octanol–water partition coefficient (Wildman–Crippen LogP) is 2.25. The number of nitrogens with zero attached hydrogens (tertiary/aromatic N) is 2. The van der Waals surface area contributed by atoms with Crippen LogP contribution in [-0.2, 0) is 9.53 Å². The van der Waals surface area contributed by atoms with Crippen molar-refractivity contribution < 1.29 is 9.53 Å². The van der Waals surface area contributed by atoms with E-state index >= 15 is 0 Å². The van der Waals surface area contributed by atoms with Crippen LogP contribution < -0.4 is 4.90 Å². The Morgan fingerprint density at radius 2 is 2.22 bits per heavy atom. The first-order valence-corrected chi connectivity index (χ1v) is 6.57. The quantitative estimate of drug-likeness (QED) is 0.824. The fourth-order valence-corrected chi connectivity index (χ4v) is 2.44. The number of amides is 1. The van der Waals surface area contributed by atoms with E-state index in [0.29, 0.717) is 6.54 Å². The molecule has 98 valence electrons. The number of rotatable bonds is 3. The molecule has 1 aromatic heterocycles. The third-order valence-electron chi connectivity index (χ3n) is 3.48. The lowest BCUT2D eigenvalue weighted by molar-refractivity contribution is -0.130. The number of ether oxygens (including phenoxy) is 1. The second-order valence-electron chi connectivity index (χ2n) is 4.61. The highest BCUT2D eigenvalue weighted by molar-refractivity contribution is 5.95. The zero-order chi connectivity index (χ0) is 13.0. The molecule has 0 saturated carbocycles. The molecule has 1 aromatic rings. The fraction of sp³-hybridized carbons (Fsp3) is 0.571. The average molecular weight is 248 g/mol. The van der Waals surface area contributed by atoms with Gasteiger partial charge in [-0.2, -0.15) is 0 Å². The smallest absolute Gasteiger partial charge is 0.232 e. The van der Waals surface area contributed by atoms with E-state index in [9.17, 15) is 4.79 Å². The highest BCUT2D eigenvalue weighted by Gasteiger charge is 2.31. The molecule has 0 aliphatic carbocycles. The Hall–Kier alpha value is -1.42. The van der Waals surface area contributed by atoms with Crippen LogP contribution in [0.1, 0.15) is 26.7 Å². The van der Waals surface area contributed by atoms with Gasteiger partial charge in [0.05, 0.1) is 12.0 Å². The number of pyridine rings is 1. The molecule has 1 aliphatic heterocycles. The topological polar surface area (TPSA) is 42.4 Å². The maximum absolute atomic E-state index is 12.6. The van der Waals surface area contributed by atoms with Crippen molar-refractivity contribution in [2.24, 2.45) is 5.92 Å². The summed E-state index contributed by atoms with van der Waals surface area (Å²) in [5, 5.41) is 0. The maximum atomic E-state index is 12.6. The molecule has 4 heteroatoms. The minimum absolute atomic E-state index is 0.0159. The molecule has 2 atom stereocenters. The zero-order valence-corrected chi connectivity index (χ0v) is 11.0. The first-order valence-electron chi connectivity index (χ1n) is 6.57. The third kappa shape index (κ3) is 2.70. The summed E-state index contributed by atoms with van der Waals surface area (Å²) in [7, 11) is 0. The van der Waals surface area contributed by atoms with Gasteiger partial charge in [0.2, 0.25) is 5.91 Å². The largest absolute Gasteiger partial charge is 0.378 e. The highest BCUT2D eigenvalue weighted by Crippen LogP contribution is 2.25. The van der Waals surface area contributed by atoms with Crippen LogP contribution in [0.3, 0.4) is 0 Å². The molecule has 1 aliphatic rings. The standard InChI is InChI=1S/C14H20N2O2/c1-3-16(12-6-8-15-9-7-12)14(17)13-5-4-10-18-11(13)2/h6-9,11,13H,3-5,10H2,1-2H3. The van der Waals surface area contributed by atoms with Gasteiger partial charge in [-0.15, -0.1) is 0 Å². The molecule has 2 unspecified atom stereocenters. The lowest BCUT2D eigenvalue weighted by atomic mass is 9.93. The highest BCUT2D eigenvalue weighted by atomic mass is 16.5. The molecule has 1 amide bonds. The zero-order valence-electron chi connectivity index (χ0n) is 11.0. The van der Waals surface area contributed by atoms with E-state index in [2.05, 4.69) is 4.98 Å². The Bertz CT molecular complexity index is 394. The lowest BCUT2D eigenvalue weighted by Crippen LogP contribution is -2.43. The molecule has 1 fully saturated rings. The van der Waals surface area contributed by atoms with Gasteiger partial charge in [0.1, 0.15) is 0 Å². The van der Waals surface area contributed by atoms with E-state index in [1.54, 1.807) is 12.4 Å². The monoisotopic (exact) mass is 248 g/mol. The summed E-state index contributed by atoms with van der Waals surface area (Å²) < 4.78 is 5.58. The van der Waals surface area contributed by atoms with Gasteiger partial charge in [0.25, 0.3) is 0 Å². The third-order valence-corrected chi connectivity index (χ3v) is 3.48. The average Bonchev–Trinajstić information content (AvgIpc) is 2.41. The molecule has 2 rings (SSSR count). The van der Waals surface area contributed by atoms with Crippen LogP contribution in [0.25, 0.3) is 0 Å². The second kappa shape index (κ2) is 5.96. The van der Waals surface area contributed by atoms with E-state index < -0.39 is 0 Å². The van der Waals surface area contributed by atoms with E-state index in [4.69, 9.17) is 4.74 Å². The van der Waals surface area contributed by atoms with Crippen molar-refractivity contribution in [3.05, 3.63) is 24.5 Å². The van der Waals surface area contributed by atoms with Crippen molar-refractivity contribution in [1.29, 1.82) is 0 Å². The number of anilines is 1. The molecule has 0 N–H and O–H groups in total. The molecule has 1 saturated heterocycles. The Labute approximate surface area is 108 Å². The lowest BCUT2D eigenvalue weighted by Gasteiger charge is -2.32. The molecular formula is C14H20N2O2. The molecule has 0 radical (unpaired) electrons. The van der Waals surface area contributed by atoms with Gasteiger partial charge in [-0.1, -0.05) is 0 Å². The van der Waals surface area contributed by atoms with Crippen molar-refractivity contribution in [2.45, 2.75) is 32.8 Å².